The summed E-state index contributed by atoms with van der Waals surface area (Å²) >= 11 is 12.1. The van der Waals surface area contributed by atoms with Crippen molar-refractivity contribution in [2.45, 2.75) is 39.2 Å². The smallest absolute Gasteiger partial charge is 0.305 e. The first-order valence-corrected chi connectivity index (χ1v) is 7.62. The number of fused-ring (bicyclic) bond motifs is 1. The van der Waals surface area contributed by atoms with Crippen LogP contribution in [0.1, 0.15) is 38.4 Å². The third-order valence-electron chi connectivity index (χ3n) is 4.19. The van der Waals surface area contributed by atoms with Crippen molar-refractivity contribution < 1.29 is 9.90 Å². The van der Waals surface area contributed by atoms with E-state index in [1.165, 1.54) is 0 Å². The topological polar surface area (TPSA) is 55.1 Å². The van der Waals surface area contributed by atoms with Gasteiger partial charge in [-0.3, -0.25) is 4.79 Å². The quantitative estimate of drug-likeness (QED) is 0.909. The standard InChI is InChI=1S/C15H16Cl2N2O2/c1-15(2)7-8(15)14-18-11-5-9(16)10(17)6-12(11)19(14)4-3-13(20)21/h5-6,8H,3-4,7H2,1-2H3,(H,20,21). The molecule has 1 N–H and O–H groups in total. The predicted octanol–water partition coefficient (Wildman–Crippen LogP) is 4.33. The molecule has 0 spiro atoms. The van der Waals surface area contributed by atoms with E-state index in [9.17, 15) is 4.79 Å². The molecule has 0 aliphatic heterocycles. The Hall–Kier alpha value is -1.26. The second-order valence-electron chi connectivity index (χ2n) is 6.27. The molecule has 1 aromatic heterocycles. The lowest BCUT2D eigenvalue weighted by Crippen LogP contribution is -2.08. The number of hydrogen-bond acceptors (Lipinski definition) is 2. The molecule has 1 unspecified atom stereocenters. The number of hydrogen-bond donors (Lipinski definition) is 1. The number of imidazole rings is 1. The van der Waals surface area contributed by atoms with Gasteiger partial charge in [0.1, 0.15) is 5.82 Å². The number of aliphatic carboxylic acids is 1. The van der Waals surface area contributed by atoms with Crippen LogP contribution in [0, 0.1) is 5.41 Å². The molecule has 1 heterocycles. The Morgan fingerprint density at radius 1 is 1.43 bits per heavy atom. The fourth-order valence-electron chi connectivity index (χ4n) is 2.76. The van der Waals surface area contributed by atoms with E-state index in [1.807, 2.05) is 4.57 Å². The van der Waals surface area contributed by atoms with Gasteiger partial charge in [0.15, 0.2) is 0 Å². The summed E-state index contributed by atoms with van der Waals surface area (Å²) in [7, 11) is 0. The molecule has 0 radical (unpaired) electrons. The second-order valence-corrected chi connectivity index (χ2v) is 7.08. The van der Waals surface area contributed by atoms with E-state index in [4.69, 9.17) is 28.3 Å². The Bertz CT molecular complexity index is 737. The van der Waals surface area contributed by atoms with Gasteiger partial charge in [0.25, 0.3) is 0 Å². The predicted molar refractivity (Wildman–Crippen MR) is 83.1 cm³/mol. The van der Waals surface area contributed by atoms with Crippen molar-refractivity contribution in [2.24, 2.45) is 5.41 Å². The van der Waals surface area contributed by atoms with Gasteiger partial charge >= 0.3 is 5.97 Å². The fourth-order valence-corrected chi connectivity index (χ4v) is 3.07. The third-order valence-corrected chi connectivity index (χ3v) is 4.92. The lowest BCUT2D eigenvalue weighted by Gasteiger charge is -2.09. The van der Waals surface area contributed by atoms with Crippen molar-refractivity contribution in [3.05, 3.63) is 28.0 Å². The van der Waals surface area contributed by atoms with E-state index in [-0.39, 0.29) is 11.8 Å². The Labute approximate surface area is 132 Å². The molecule has 112 valence electrons. The average molecular weight is 327 g/mol. The minimum absolute atomic E-state index is 0.0614. The van der Waals surface area contributed by atoms with Crippen LogP contribution in [0.15, 0.2) is 12.1 Å². The number of carboxylic acids is 1. The number of carbonyl (C=O) groups is 1. The summed E-state index contributed by atoms with van der Waals surface area (Å²) in [5.74, 6) is 0.476. The largest absolute Gasteiger partial charge is 0.481 e. The SMILES string of the molecule is CC1(C)CC1c1nc2cc(Cl)c(Cl)cc2n1CCC(=O)O. The van der Waals surface area contributed by atoms with Crippen molar-refractivity contribution in [1.82, 2.24) is 9.55 Å². The Morgan fingerprint density at radius 2 is 2.05 bits per heavy atom. The molecule has 1 aliphatic carbocycles. The summed E-state index contributed by atoms with van der Waals surface area (Å²) in [5, 5.41) is 9.88. The molecule has 4 nitrogen and oxygen atoms in total. The second kappa shape index (κ2) is 4.89. The molecule has 6 heteroatoms. The summed E-state index contributed by atoms with van der Waals surface area (Å²) in [5.41, 5.74) is 1.84. The van der Waals surface area contributed by atoms with Crippen LogP contribution in [-0.4, -0.2) is 20.6 Å². The summed E-state index contributed by atoms with van der Waals surface area (Å²) in [6, 6.07) is 3.52. The number of carboxylic acid groups (broad SMARTS) is 1. The highest BCUT2D eigenvalue weighted by Gasteiger charge is 2.49. The minimum atomic E-state index is -0.821. The first-order valence-electron chi connectivity index (χ1n) is 6.86. The molecule has 1 aromatic carbocycles. The van der Waals surface area contributed by atoms with Crippen LogP contribution in [0.2, 0.25) is 10.0 Å². The zero-order valence-electron chi connectivity index (χ0n) is 11.9. The molecule has 1 saturated carbocycles. The highest BCUT2D eigenvalue weighted by molar-refractivity contribution is 6.42. The van der Waals surface area contributed by atoms with E-state index in [1.54, 1.807) is 12.1 Å². The molecule has 3 rings (SSSR count). The molecule has 2 aromatic rings. The molecular weight excluding hydrogens is 311 g/mol. The Balaban J connectivity index is 2.11. The van der Waals surface area contributed by atoms with Gasteiger partial charge in [0.2, 0.25) is 0 Å². The van der Waals surface area contributed by atoms with E-state index in [0.717, 1.165) is 23.3 Å². The summed E-state index contributed by atoms with van der Waals surface area (Å²) in [6.45, 7) is 4.78. The van der Waals surface area contributed by atoms with Gasteiger partial charge < -0.3 is 9.67 Å². The van der Waals surface area contributed by atoms with Gasteiger partial charge in [-0.15, -0.1) is 0 Å². The van der Waals surface area contributed by atoms with Crippen molar-refractivity contribution in [2.75, 3.05) is 0 Å². The molecule has 1 fully saturated rings. The van der Waals surface area contributed by atoms with Gasteiger partial charge in [-0.2, -0.15) is 0 Å². The number of nitrogens with zero attached hydrogens (tertiary/aromatic N) is 2. The van der Waals surface area contributed by atoms with Gasteiger partial charge in [-0.25, -0.2) is 4.98 Å². The zero-order valence-corrected chi connectivity index (χ0v) is 13.4. The number of benzene rings is 1. The summed E-state index contributed by atoms with van der Waals surface area (Å²) in [6.07, 6.45) is 1.12. The highest BCUT2D eigenvalue weighted by Crippen LogP contribution is 2.58. The molecule has 1 atom stereocenters. The van der Waals surface area contributed by atoms with Gasteiger partial charge in [-0.1, -0.05) is 37.0 Å². The maximum absolute atomic E-state index is 10.9. The Morgan fingerprint density at radius 3 is 2.62 bits per heavy atom. The van der Waals surface area contributed by atoms with Crippen LogP contribution in [0.25, 0.3) is 11.0 Å². The first-order chi connectivity index (χ1) is 9.79. The van der Waals surface area contributed by atoms with Crippen LogP contribution < -0.4 is 0 Å². The lowest BCUT2D eigenvalue weighted by molar-refractivity contribution is -0.137. The van der Waals surface area contributed by atoms with Crippen LogP contribution >= 0.6 is 23.2 Å². The van der Waals surface area contributed by atoms with Crippen molar-refractivity contribution in [1.29, 1.82) is 0 Å². The summed E-state index contributed by atoms with van der Waals surface area (Å²) in [4.78, 5) is 15.6. The van der Waals surface area contributed by atoms with E-state index in [0.29, 0.717) is 22.5 Å². The number of rotatable bonds is 4. The van der Waals surface area contributed by atoms with Crippen LogP contribution in [0.5, 0.6) is 0 Å². The highest BCUT2D eigenvalue weighted by atomic mass is 35.5. The van der Waals surface area contributed by atoms with Crippen LogP contribution in [0.3, 0.4) is 0 Å². The zero-order chi connectivity index (χ0) is 15.4. The monoisotopic (exact) mass is 326 g/mol. The molecule has 0 bridgehead atoms. The maximum atomic E-state index is 10.9. The average Bonchev–Trinajstić information content (AvgIpc) is 2.87. The van der Waals surface area contributed by atoms with Gasteiger partial charge in [0.05, 0.1) is 27.5 Å². The molecular formula is C15H16Cl2N2O2. The maximum Gasteiger partial charge on any atom is 0.305 e. The molecule has 0 amide bonds. The van der Waals surface area contributed by atoms with Crippen LogP contribution in [0.4, 0.5) is 0 Å². The molecule has 0 saturated heterocycles. The van der Waals surface area contributed by atoms with Gasteiger partial charge in [-0.05, 0) is 24.0 Å². The summed E-state index contributed by atoms with van der Waals surface area (Å²) < 4.78 is 1.98. The van der Waals surface area contributed by atoms with Crippen molar-refractivity contribution >= 4 is 40.2 Å². The van der Waals surface area contributed by atoms with Crippen molar-refractivity contribution in [3.8, 4) is 0 Å². The number of aryl methyl sites for hydroxylation is 1. The lowest BCUT2D eigenvalue weighted by atomic mass is 10.1. The minimum Gasteiger partial charge on any atom is -0.481 e. The first kappa shape index (κ1) is 14.7. The van der Waals surface area contributed by atoms with Gasteiger partial charge in [0, 0.05) is 12.5 Å². The van der Waals surface area contributed by atoms with Crippen molar-refractivity contribution in [3.63, 3.8) is 0 Å². The fraction of sp³-hybridized carbons (Fsp3) is 0.467. The normalized spacial score (nSPS) is 19.9. The van der Waals surface area contributed by atoms with Crippen LogP contribution in [-0.2, 0) is 11.3 Å². The Kier molecular flexibility index (Phi) is 3.41. The van der Waals surface area contributed by atoms with E-state index < -0.39 is 5.97 Å². The molecule has 21 heavy (non-hydrogen) atoms. The van der Waals surface area contributed by atoms with E-state index >= 15 is 0 Å². The third kappa shape index (κ3) is 2.62. The molecule has 1 aliphatic rings. The number of halogens is 2. The number of aromatic nitrogens is 2. The van der Waals surface area contributed by atoms with E-state index in [2.05, 4.69) is 18.8 Å².